The SMILES string of the molecule is CCCN1CCCC(=O)N1C1CCNC1. The van der Waals surface area contributed by atoms with Gasteiger partial charge in [0.05, 0.1) is 6.04 Å². The molecule has 4 nitrogen and oxygen atoms in total. The summed E-state index contributed by atoms with van der Waals surface area (Å²) < 4.78 is 0. The molecule has 2 aliphatic rings. The third-order valence-electron chi connectivity index (χ3n) is 3.23. The Hall–Kier alpha value is -0.610. The summed E-state index contributed by atoms with van der Waals surface area (Å²) in [5.41, 5.74) is 0. The highest BCUT2D eigenvalue weighted by atomic mass is 16.2. The highest BCUT2D eigenvalue weighted by Gasteiger charge is 2.33. The summed E-state index contributed by atoms with van der Waals surface area (Å²) in [5.74, 6) is 0.323. The lowest BCUT2D eigenvalue weighted by atomic mass is 10.1. The molecular formula is C11H21N3O. The molecule has 4 heteroatoms. The summed E-state index contributed by atoms with van der Waals surface area (Å²) >= 11 is 0. The van der Waals surface area contributed by atoms with Gasteiger partial charge in [0.2, 0.25) is 5.91 Å². The van der Waals surface area contributed by atoms with Gasteiger partial charge in [-0.05, 0) is 25.8 Å². The summed E-state index contributed by atoms with van der Waals surface area (Å²) in [6, 6.07) is 0.407. The third-order valence-corrected chi connectivity index (χ3v) is 3.23. The van der Waals surface area contributed by atoms with Crippen LogP contribution in [-0.4, -0.2) is 48.1 Å². The van der Waals surface area contributed by atoms with Crippen LogP contribution in [0.15, 0.2) is 0 Å². The molecular weight excluding hydrogens is 190 g/mol. The molecule has 0 radical (unpaired) electrons. The van der Waals surface area contributed by atoms with Crippen molar-refractivity contribution in [2.24, 2.45) is 0 Å². The predicted molar refractivity (Wildman–Crippen MR) is 59.2 cm³/mol. The standard InChI is InChI=1S/C11H21N3O/c1-2-7-13-8-3-4-11(15)14(13)10-5-6-12-9-10/h10,12H,2-9H2,1H3. The Kier molecular flexibility index (Phi) is 3.59. The van der Waals surface area contributed by atoms with E-state index in [1.54, 1.807) is 0 Å². The molecule has 2 rings (SSSR count). The van der Waals surface area contributed by atoms with Gasteiger partial charge in [0, 0.05) is 26.1 Å². The molecule has 0 spiro atoms. The van der Waals surface area contributed by atoms with Crippen LogP contribution in [0.2, 0.25) is 0 Å². The van der Waals surface area contributed by atoms with Gasteiger partial charge in [-0.2, -0.15) is 0 Å². The normalized spacial score (nSPS) is 28.7. The molecule has 1 atom stereocenters. The monoisotopic (exact) mass is 211 g/mol. The van der Waals surface area contributed by atoms with E-state index < -0.39 is 0 Å². The van der Waals surface area contributed by atoms with Crippen molar-refractivity contribution in [3.63, 3.8) is 0 Å². The summed E-state index contributed by atoms with van der Waals surface area (Å²) in [4.78, 5) is 11.9. The minimum atomic E-state index is 0.323. The molecule has 2 saturated heterocycles. The molecule has 15 heavy (non-hydrogen) atoms. The Morgan fingerprint density at radius 3 is 3.07 bits per heavy atom. The fraction of sp³-hybridized carbons (Fsp3) is 0.909. The molecule has 1 amide bonds. The fourth-order valence-electron chi connectivity index (χ4n) is 2.55. The molecule has 0 saturated carbocycles. The highest BCUT2D eigenvalue weighted by Crippen LogP contribution is 2.19. The van der Waals surface area contributed by atoms with Gasteiger partial charge in [0.1, 0.15) is 0 Å². The average Bonchev–Trinajstić information content (AvgIpc) is 2.71. The van der Waals surface area contributed by atoms with Crippen LogP contribution in [0.1, 0.15) is 32.6 Å². The van der Waals surface area contributed by atoms with E-state index in [1.807, 2.05) is 5.01 Å². The van der Waals surface area contributed by atoms with Crippen LogP contribution in [0.4, 0.5) is 0 Å². The first kappa shape index (κ1) is 10.9. The molecule has 2 fully saturated rings. The molecule has 1 N–H and O–H groups in total. The molecule has 86 valence electrons. The van der Waals surface area contributed by atoms with Crippen LogP contribution in [0, 0.1) is 0 Å². The second kappa shape index (κ2) is 4.94. The topological polar surface area (TPSA) is 35.6 Å². The van der Waals surface area contributed by atoms with E-state index in [1.165, 1.54) is 0 Å². The minimum Gasteiger partial charge on any atom is -0.315 e. The molecule has 2 aliphatic heterocycles. The van der Waals surface area contributed by atoms with Gasteiger partial charge in [0.15, 0.2) is 0 Å². The Labute approximate surface area is 91.6 Å². The fourth-order valence-corrected chi connectivity index (χ4v) is 2.55. The Morgan fingerprint density at radius 1 is 1.53 bits per heavy atom. The van der Waals surface area contributed by atoms with Gasteiger partial charge in [-0.15, -0.1) is 0 Å². The Balaban J connectivity index is 2.03. The number of hydrogen-bond acceptors (Lipinski definition) is 3. The van der Waals surface area contributed by atoms with E-state index in [4.69, 9.17) is 0 Å². The molecule has 1 unspecified atom stereocenters. The molecule has 2 heterocycles. The van der Waals surface area contributed by atoms with Gasteiger partial charge in [-0.1, -0.05) is 6.92 Å². The van der Waals surface area contributed by atoms with Crippen molar-refractivity contribution in [1.29, 1.82) is 0 Å². The Morgan fingerprint density at radius 2 is 2.40 bits per heavy atom. The average molecular weight is 211 g/mol. The van der Waals surface area contributed by atoms with Crippen molar-refractivity contribution in [3.8, 4) is 0 Å². The van der Waals surface area contributed by atoms with E-state index >= 15 is 0 Å². The van der Waals surface area contributed by atoms with Crippen LogP contribution >= 0.6 is 0 Å². The number of nitrogens with one attached hydrogen (secondary N) is 1. The number of carbonyl (C=O) groups is 1. The maximum atomic E-state index is 11.9. The van der Waals surface area contributed by atoms with Crippen LogP contribution in [0.5, 0.6) is 0 Å². The maximum absolute atomic E-state index is 11.9. The Bertz CT molecular complexity index is 224. The van der Waals surface area contributed by atoms with Crippen molar-refractivity contribution in [1.82, 2.24) is 15.3 Å². The maximum Gasteiger partial charge on any atom is 0.237 e. The van der Waals surface area contributed by atoms with E-state index in [2.05, 4.69) is 17.2 Å². The van der Waals surface area contributed by atoms with Crippen molar-refractivity contribution in [2.75, 3.05) is 26.2 Å². The summed E-state index contributed by atoms with van der Waals surface area (Å²) in [6.07, 6.45) is 3.97. The van der Waals surface area contributed by atoms with Crippen molar-refractivity contribution >= 4 is 5.91 Å². The summed E-state index contributed by atoms with van der Waals surface area (Å²) in [5, 5.41) is 7.62. The lowest BCUT2D eigenvalue weighted by Gasteiger charge is -2.42. The molecule has 0 aliphatic carbocycles. The zero-order valence-corrected chi connectivity index (χ0v) is 9.54. The first-order valence-corrected chi connectivity index (χ1v) is 6.10. The number of rotatable bonds is 3. The number of amides is 1. The van der Waals surface area contributed by atoms with Crippen LogP contribution < -0.4 is 5.32 Å². The van der Waals surface area contributed by atoms with Gasteiger partial charge in [-0.25, -0.2) is 5.01 Å². The van der Waals surface area contributed by atoms with Gasteiger partial charge >= 0.3 is 0 Å². The number of hydrazine groups is 1. The van der Waals surface area contributed by atoms with Gasteiger partial charge in [-0.3, -0.25) is 9.80 Å². The second-order valence-electron chi connectivity index (χ2n) is 4.44. The quantitative estimate of drug-likeness (QED) is 0.742. The first-order valence-electron chi connectivity index (χ1n) is 6.10. The zero-order chi connectivity index (χ0) is 10.7. The summed E-state index contributed by atoms with van der Waals surface area (Å²) in [7, 11) is 0. The van der Waals surface area contributed by atoms with Gasteiger partial charge < -0.3 is 5.32 Å². The highest BCUT2D eigenvalue weighted by molar-refractivity contribution is 5.76. The molecule has 0 aromatic heterocycles. The van der Waals surface area contributed by atoms with E-state index in [0.717, 1.165) is 51.9 Å². The lowest BCUT2D eigenvalue weighted by Crippen LogP contribution is -2.56. The van der Waals surface area contributed by atoms with Crippen molar-refractivity contribution < 1.29 is 4.79 Å². The van der Waals surface area contributed by atoms with Crippen molar-refractivity contribution in [3.05, 3.63) is 0 Å². The summed E-state index contributed by atoms with van der Waals surface area (Å²) in [6.45, 7) is 6.25. The van der Waals surface area contributed by atoms with E-state index in [0.29, 0.717) is 11.9 Å². The predicted octanol–water partition coefficient (Wildman–Crippen LogP) is 0.598. The number of hydrogen-bond donors (Lipinski definition) is 1. The molecule has 0 aromatic rings. The molecule has 0 aromatic carbocycles. The van der Waals surface area contributed by atoms with Crippen LogP contribution in [0.25, 0.3) is 0 Å². The van der Waals surface area contributed by atoms with Gasteiger partial charge in [0.25, 0.3) is 0 Å². The van der Waals surface area contributed by atoms with Crippen LogP contribution in [0.3, 0.4) is 0 Å². The zero-order valence-electron chi connectivity index (χ0n) is 9.54. The van der Waals surface area contributed by atoms with E-state index in [9.17, 15) is 4.79 Å². The third kappa shape index (κ3) is 2.32. The largest absolute Gasteiger partial charge is 0.315 e. The smallest absolute Gasteiger partial charge is 0.237 e. The minimum absolute atomic E-state index is 0.323. The van der Waals surface area contributed by atoms with Crippen molar-refractivity contribution in [2.45, 2.75) is 38.6 Å². The second-order valence-corrected chi connectivity index (χ2v) is 4.44. The van der Waals surface area contributed by atoms with Crippen LogP contribution in [-0.2, 0) is 4.79 Å². The lowest BCUT2D eigenvalue weighted by molar-refractivity contribution is -0.161. The number of nitrogens with zero attached hydrogens (tertiary/aromatic N) is 2. The van der Waals surface area contributed by atoms with E-state index in [-0.39, 0.29) is 0 Å². The first-order chi connectivity index (χ1) is 7.33. The molecule has 0 bridgehead atoms. The number of carbonyl (C=O) groups excluding carboxylic acids is 1.